The Bertz CT molecular complexity index is 582. The molecule has 5 heteroatoms. The maximum absolute atomic E-state index is 5.71. The van der Waals surface area contributed by atoms with Crippen LogP contribution in [0.2, 0.25) is 0 Å². The van der Waals surface area contributed by atoms with Crippen molar-refractivity contribution in [2.45, 2.75) is 6.54 Å². The molecule has 1 aliphatic rings. The van der Waals surface area contributed by atoms with E-state index in [1.807, 2.05) is 12.1 Å². The van der Waals surface area contributed by atoms with Gasteiger partial charge in [0.15, 0.2) is 5.82 Å². The number of anilines is 1. The first-order chi connectivity index (χ1) is 9.81. The molecule has 0 spiro atoms. The van der Waals surface area contributed by atoms with Crippen molar-refractivity contribution in [3.8, 4) is 11.4 Å². The van der Waals surface area contributed by atoms with Crippen LogP contribution < -0.4 is 5.73 Å². The van der Waals surface area contributed by atoms with Crippen molar-refractivity contribution in [2.75, 3.05) is 32.0 Å². The minimum atomic E-state index is 0.494. The van der Waals surface area contributed by atoms with Gasteiger partial charge in [0, 0.05) is 31.4 Å². The van der Waals surface area contributed by atoms with Gasteiger partial charge in [-0.15, -0.1) is 0 Å². The summed E-state index contributed by atoms with van der Waals surface area (Å²) in [5.74, 6) is 1.17. The van der Waals surface area contributed by atoms with E-state index in [-0.39, 0.29) is 0 Å². The zero-order valence-corrected chi connectivity index (χ0v) is 11.3. The molecule has 20 heavy (non-hydrogen) atoms. The molecule has 0 amide bonds. The number of morpholine rings is 1. The highest BCUT2D eigenvalue weighted by atomic mass is 16.5. The monoisotopic (exact) mass is 270 g/mol. The molecular weight excluding hydrogens is 252 g/mol. The maximum Gasteiger partial charge on any atom is 0.161 e. The summed E-state index contributed by atoms with van der Waals surface area (Å²) in [6.45, 7) is 4.54. The molecule has 2 heterocycles. The van der Waals surface area contributed by atoms with E-state index in [0.717, 1.165) is 38.4 Å². The Morgan fingerprint density at radius 2 is 2.05 bits per heavy atom. The van der Waals surface area contributed by atoms with Gasteiger partial charge in [0.2, 0.25) is 0 Å². The zero-order chi connectivity index (χ0) is 13.8. The first-order valence-electron chi connectivity index (χ1n) is 6.79. The quantitative estimate of drug-likeness (QED) is 0.917. The molecule has 104 valence electrons. The zero-order valence-electron chi connectivity index (χ0n) is 11.3. The summed E-state index contributed by atoms with van der Waals surface area (Å²) >= 11 is 0. The predicted molar refractivity (Wildman–Crippen MR) is 78.0 cm³/mol. The fourth-order valence-corrected chi connectivity index (χ4v) is 2.34. The first kappa shape index (κ1) is 13.0. The molecule has 1 aliphatic heterocycles. The molecule has 1 aromatic carbocycles. The van der Waals surface area contributed by atoms with Gasteiger partial charge in [0.1, 0.15) is 5.82 Å². The van der Waals surface area contributed by atoms with Crippen molar-refractivity contribution in [3.05, 3.63) is 42.1 Å². The summed E-state index contributed by atoms with van der Waals surface area (Å²) < 4.78 is 5.37. The van der Waals surface area contributed by atoms with Crippen LogP contribution in [-0.4, -0.2) is 41.2 Å². The van der Waals surface area contributed by atoms with Gasteiger partial charge in [0.25, 0.3) is 0 Å². The summed E-state index contributed by atoms with van der Waals surface area (Å²) in [4.78, 5) is 10.9. The van der Waals surface area contributed by atoms with Gasteiger partial charge in [-0.2, -0.15) is 0 Å². The van der Waals surface area contributed by atoms with Crippen LogP contribution in [-0.2, 0) is 11.3 Å². The Kier molecular flexibility index (Phi) is 3.90. The molecule has 1 saturated heterocycles. The number of hydrogen-bond donors (Lipinski definition) is 1. The number of aromatic nitrogens is 2. The van der Waals surface area contributed by atoms with E-state index in [1.54, 1.807) is 12.3 Å². The Morgan fingerprint density at radius 1 is 1.20 bits per heavy atom. The van der Waals surface area contributed by atoms with E-state index in [4.69, 9.17) is 10.5 Å². The molecule has 0 atom stereocenters. The molecule has 2 N–H and O–H groups in total. The van der Waals surface area contributed by atoms with Gasteiger partial charge in [-0.3, -0.25) is 4.90 Å². The average molecular weight is 270 g/mol. The van der Waals surface area contributed by atoms with Crippen molar-refractivity contribution in [2.24, 2.45) is 0 Å². The van der Waals surface area contributed by atoms with Crippen molar-refractivity contribution >= 4 is 5.82 Å². The summed E-state index contributed by atoms with van der Waals surface area (Å²) in [6.07, 6.45) is 1.69. The van der Waals surface area contributed by atoms with Gasteiger partial charge in [-0.05, 0) is 17.7 Å². The molecule has 5 nitrogen and oxygen atoms in total. The molecule has 1 aromatic heterocycles. The summed E-state index contributed by atoms with van der Waals surface area (Å²) in [7, 11) is 0. The second-order valence-electron chi connectivity index (χ2n) is 4.89. The number of ether oxygens (including phenoxy) is 1. The number of benzene rings is 1. The van der Waals surface area contributed by atoms with E-state index < -0.39 is 0 Å². The lowest BCUT2D eigenvalue weighted by molar-refractivity contribution is 0.0342. The van der Waals surface area contributed by atoms with Gasteiger partial charge in [-0.1, -0.05) is 18.2 Å². The van der Waals surface area contributed by atoms with E-state index in [9.17, 15) is 0 Å². The van der Waals surface area contributed by atoms with Crippen LogP contribution in [0.15, 0.2) is 36.5 Å². The Balaban J connectivity index is 1.78. The summed E-state index contributed by atoms with van der Waals surface area (Å²) in [5, 5.41) is 0. The fourth-order valence-electron chi connectivity index (χ4n) is 2.34. The van der Waals surface area contributed by atoms with E-state index in [0.29, 0.717) is 11.6 Å². The highest BCUT2D eigenvalue weighted by molar-refractivity contribution is 5.57. The van der Waals surface area contributed by atoms with Crippen molar-refractivity contribution in [1.29, 1.82) is 0 Å². The number of nitrogens with zero attached hydrogens (tertiary/aromatic N) is 3. The molecule has 1 fully saturated rings. The van der Waals surface area contributed by atoms with Gasteiger partial charge >= 0.3 is 0 Å². The third-order valence-corrected chi connectivity index (χ3v) is 3.37. The summed E-state index contributed by atoms with van der Waals surface area (Å²) in [6, 6.07) is 10.0. The Morgan fingerprint density at radius 3 is 2.85 bits per heavy atom. The second kappa shape index (κ2) is 5.98. The Hall–Kier alpha value is -1.98. The highest BCUT2D eigenvalue weighted by Crippen LogP contribution is 2.18. The lowest BCUT2D eigenvalue weighted by Gasteiger charge is -2.26. The summed E-state index contributed by atoms with van der Waals surface area (Å²) in [5.41, 5.74) is 7.97. The van der Waals surface area contributed by atoms with Crippen molar-refractivity contribution in [1.82, 2.24) is 14.9 Å². The van der Waals surface area contributed by atoms with Crippen LogP contribution in [0.25, 0.3) is 11.4 Å². The lowest BCUT2D eigenvalue weighted by atomic mass is 10.1. The molecule has 0 aliphatic carbocycles. The molecular formula is C15H18N4O. The molecule has 0 radical (unpaired) electrons. The fraction of sp³-hybridized carbons (Fsp3) is 0.333. The largest absolute Gasteiger partial charge is 0.384 e. The molecule has 0 bridgehead atoms. The van der Waals surface area contributed by atoms with Crippen molar-refractivity contribution in [3.63, 3.8) is 0 Å². The van der Waals surface area contributed by atoms with E-state index in [1.165, 1.54) is 5.56 Å². The van der Waals surface area contributed by atoms with Crippen LogP contribution in [0, 0.1) is 0 Å². The van der Waals surface area contributed by atoms with Gasteiger partial charge < -0.3 is 10.5 Å². The predicted octanol–water partition coefficient (Wildman–Crippen LogP) is 1.56. The van der Waals surface area contributed by atoms with E-state index in [2.05, 4.69) is 27.0 Å². The molecule has 2 aromatic rings. The normalized spacial score (nSPS) is 16.2. The topological polar surface area (TPSA) is 64.3 Å². The lowest BCUT2D eigenvalue weighted by Crippen LogP contribution is -2.35. The smallest absolute Gasteiger partial charge is 0.161 e. The average Bonchev–Trinajstić information content (AvgIpc) is 2.49. The number of nitrogen functional groups attached to an aromatic ring is 1. The van der Waals surface area contributed by atoms with Crippen LogP contribution in [0.5, 0.6) is 0 Å². The van der Waals surface area contributed by atoms with Gasteiger partial charge in [0.05, 0.1) is 13.2 Å². The number of nitrogens with two attached hydrogens (primary N) is 1. The Labute approximate surface area is 118 Å². The number of rotatable bonds is 3. The van der Waals surface area contributed by atoms with Crippen LogP contribution in [0.4, 0.5) is 5.82 Å². The standard InChI is InChI=1S/C15H18N4O/c16-14-4-5-17-15(18-14)13-3-1-2-12(10-13)11-19-6-8-20-9-7-19/h1-5,10H,6-9,11H2,(H2,16,17,18). The minimum absolute atomic E-state index is 0.494. The third-order valence-electron chi connectivity index (χ3n) is 3.37. The van der Waals surface area contributed by atoms with E-state index >= 15 is 0 Å². The third kappa shape index (κ3) is 3.12. The minimum Gasteiger partial charge on any atom is -0.384 e. The van der Waals surface area contributed by atoms with Crippen LogP contribution in [0.1, 0.15) is 5.56 Å². The second-order valence-corrected chi connectivity index (χ2v) is 4.89. The van der Waals surface area contributed by atoms with Crippen molar-refractivity contribution < 1.29 is 4.74 Å². The number of hydrogen-bond acceptors (Lipinski definition) is 5. The SMILES string of the molecule is Nc1ccnc(-c2cccc(CN3CCOCC3)c2)n1. The molecule has 3 rings (SSSR count). The first-order valence-corrected chi connectivity index (χ1v) is 6.79. The molecule has 0 unspecified atom stereocenters. The van der Waals surface area contributed by atoms with Crippen LogP contribution >= 0.6 is 0 Å². The molecule has 0 saturated carbocycles. The van der Waals surface area contributed by atoms with Crippen LogP contribution in [0.3, 0.4) is 0 Å². The highest BCUT2D eigenvalue weighted by Gasteiger charge is 2.11. The van der Waals surface area contributed by atoms with Gasteiger partial charge in [-0.25, -0.2) is 9.97 Å². The maximum atomic E-state index is 5.71.